The lowest BCUT2D eigenvalue weighted by Gasteiger charge is -2.19. The first kappa shape index (κ1) is 24.1. The number of carboxylic acids is 1. The van der Waals surface area contributed by atoms with Crippen molar-refractivity contribution in [3.05, 3.63) is 83.3 Å². The molecule has 8 nitrogen and oxygen atoms in total. The van der Waals surface area contributed by atoms with Crippen molar-refractivity contribution in [2.24, 2.45) is 0 Å². The number of ether oxygens (including phenoxy) is 1. The minimum absolute atomic E-state index is 0.0504. The second kappa shape index (κ2) is 10.9. The van der Waals surface area contributed by atoms with Crippen molar-refractivity contribution in [2.45, 2.75) is 38.1 Å². The third-order valence-electron chi connectivity index (χ3n) is 6.07. The Hall–Kier alpha value is -4.07. The average molecular weight is 477 g/mol. The Morgan fingerprint density at radius 2 is 1.66 bits per heavy atom. The number of hydrogen-bond donors (Lipinski definition) is 3. The summed E-state index contributed by atoms with van der Waals surface area (Å²) < 4.78 is 11.0. The Labute approximate surface area is 203 Å². The van der Waals surface area contributed by atoms with Crippen molar-refractivity contribution in [1.82, 2.24) is 10.6 Å². The number of rotatable bonds is 10. The lowest BCUT2D eigenvalue weighted by Crippen LogP contribution is -2.47. The van der Waals surface area contributed by atoms with Crippen LogP contribution in [0.1, 0.15) is 41.4 Å². The number of alkyl carbamates (subject to hydrolysis) is 1. The van der Waals surface area contributed by atoms with Crippen molar-refractivity contribution in [3.63, 3.8) is 0 Å². The van der Waals surface area contributed by atoms with E-state index in [4.69, 9.17) is 14.3 Å². The Kier molecular flexibility index (Phi) is 7.50. The predicted octanol–water partition coefficient (Wildman–Crippen LogP) is 4.02. The fraction of sp³-hybridized carbons (Fsp3) is 0.296. The molecule has 1 unspecified atom stereocenters. The third kappa shape index (κ3) is 5.90. The summed E-state index contributed by atoms with van der Waals surface area (Å²) in [5, 5.41) is 14.3. The van der Waals surface area contributed by atoms with Crippen LogP contribution < -0.4 is 10.6 Å². The zero-order chi connectivity index (χ0) is 24.8. The molecule has 2 amide bonds. The number of aryl methyl sites for hydroxylation is 1. The maximum Gasteiger partial charge on any atom is 0.407 e. The summed E-state index contributed by atoms with van der Waals surface area (Å²) in [5.74, 6) is -0.126. The fourth-order valence-electron chi connectivity index (χ4n) is 4.37. The van der Waals surface area contributed by atoms with Crippen molar-refractivity contribution in [3.8, 4) is 11.1 Å². The van der Waals surface area contributed by atoms with Gasteiger partial charge in [-0.1, -0.05) is 48.5 Å². The molecular weight excluding hydrogens is 448 g/mol. The molecule has 1 aromatic heterocycles. The number of carbonyl (C=O) groups is 3. The minimum Gasteiger partial charge on any atom is -0.481 e. The van der Waals surface area contributed by atoms with Crippen molar-refractivity contribution >= 4 is 18.0 Å². The van der Waals surface area contributed by atoms with Gasteiger partial charge in [0.25, 0.3) is 0 Å². The van der Waals surface area contributed by atoms with E-state index in [9.17, 15) is 14.4 Å². The fourth-order valence-corrected chi connectivity index (χ4v) is 4.37. The summed E-state index contributed by atoms with van der Waals surface area (Å²) in [4.78, 5) is 36.3. The molecule has 1 aliphatic carbocycles. The quantitative estimate of drug-likeness (QED) is 0.407. The standard InChI is InChI=1S/C27H28N2O6/c1-17-10-11-18(35-17)14-15-28-26(32)24(12-13-25(30)31)29-27(33)34-16-23-21-8-4-2-6-19(21)20-7-3-5-9-22(20)23/h2-11,23-24H,12-16H2,1H3,(H,28,32)(H,29,33)(H,30,31). The second-order valence-electron chi connectivity index (χ2n) is 8.51. The number of aliphatic carboxylic acids is 1. The van der Waals surface area contributed by atoms with Gasteiger partial charge in [0.15, 0.2) is 0 Å². The highest BCUT2D eigenvalue weighted by Gasteiger charge is 2.30. The van der Waals surface area contributed by atoms with E-state index < -0.39 is 24.0 Å². The van der Waals surface area contributed by atoms with Crippen molar-refractivity contribution < 1.29 is 28.6 Å². The third-order valence-corrected chi connectivity index (χ3v) is 6.07. The van der Waals surface area contributed by atoms with E-state index in [1.54, 1.807) is 0 Å². The number of carboxylic acid groups (broad SMARTS) is 1. The van der Waals surface area contributed by atoms with E-state index in [0.29, 0.717) is 13.0 Å². The molecule has 4 rings (SSSR count). The second-order valence-corrected chi connectivity index (χ2v) is 8.51. The van der Waals surface area contributed by atoms with Gasteiger partial charge in [0.1, 0.15) is 24.2 Å². The normalized spacial score (nSPS) is 12.9. The highest BCUT2D eigenvalue weighted by molar-refractivity contribution is 5.86. The molecule has 1 aliphatic rings. The average Bonchev–Trinajstić information content (AvgIpc) is 3.41. The summed E-state index contributed by atoms with van der Waals surface area (Å²) >= 11 is 0. The number of furan rings is 1. The zero-order valence-electron chi connectivity index (χ0n) is 19.5. The number of carbonyl (C=O) groups excluding carboxylic acids is 2. The lowest BCUT2D eigenvalue weighted by atomic mass is 9.98. The molecule has 0 saturated heterocycles. The van der Waals surface area contributed by atoms with E-state index in [1.165, 1.54) is 0 Å². The van der Waals surface area contributed by atoms with Crippen LogP contribution in [-0.4, -0.2) is 42.3 Å². The monoisotopic (exact) mass is 476 g/mol. The first-order valence-electron chi connectivity index (χ1n) is 11.6. The Morgan fingerprint density at radius 3 is 2.26 bits per heavy atom. The van der Waals surface area contributed by atoms with Gasteiger partial charge in [0.05, 0.1) is 0 Å². The van der Waals surface area contributed by atoms with Gasteiger partial charge >= 0.3 is 12.1 Å². The summed E-state index contributed by atoms with van der Waals surface area (Å²) in [6.45, 7) is 2.23. The summed E-state index contributed by atoms with van der Waals surface area (Å²) in [7, 11) is 0. The first-order valence-corrected chi connectivity index (χ1v) is 11.6. The van der Waals surface area contributed by atoms with Crippen LogP contribution in [-0.2, 0) is 20.7 Å². The molecule has 1 heterocycles. The topological polar surface area (TPSA) is 118 Å². The molecule has 3 aromatic rings. The van der Waals surface area contributed by atoms with Crippen LogP contribution >= 0.6 is 0 Å². The smallest absolute Gasteiger partial charge is 0.407 e. The largest absolute Gasteiger partial charge is 0.481 e. The van der Waals surface area contributed by atoms with Gasteiger partial charge in [-0.15, -0.1) is 0 Å². The molecular formula is C27H28N2O6. The molecule has 0 saturated carbocycles. The molecule has 182 valence electrons. The van der Waals surface area contributed by atoms with E-state index in [-0.39, 0.29) is 25.4 Å². The van der Waals surface area contributed by atoms with Gasteiger partial charge < -0.3 is 24.9 Å². The molecule has 0 bridgehead atoms. The van der Waals surface area contributed by atoms with Crippen molar-refractivity contribution in [2.75, 3.05) is 13.2 Å². The molecule has 1 atom stereocenters. The van der Waals surface area contributed by atoms with Gasteiger partial charge in [0, 0.05) is 25.3 Å². The number of hydrogen-bond acceptors (Lipinski definition) is 5. The van der Waals surface area contributed by atoms with E-state index in [1.807, 2.05) is 67.6 Å². The molecule has 0 radical (unpaired) electrons. The number of nitrogens with one attached hydrogen (secondary N) is 2. The summed E-state index contributed by atoms with van der Waals surface area (Å²) in [5.41, 5.74) is 4.38. The van der Waals surface area contributed by atoms with Crippen molar-refractivity contribution in [1.29, 1.82) is 0 Å². The molecule has 8 heteroatoms. The van der Waals surface area contributed by atoms with Crippen LogP contribution in [0.25, 0.3) is 11.1 Å². The highest BCUT2D eigenvalue weighted by Crippen LogP contribution is 2.44. The van der Waals surface area contributed by atoms with Gasteiger partial charge in [-0.2, -0.15) is 0 Å². The SMILES string of the molecule is Cc1ccc(CCNC(=O)C(CCC(=O)O)NC(=O)OCC2c3ccccc3-c3ccccc32)o1. The molecule has 0 aliphatic heterocycles. The molecule has 2 aromatic carbocycles. The van der Waals surface area contributed by atoms with Gasteiger partial charge in [-0.05, 0) is 47.7 Å². The molecule has 0 fully saturated rings. The van der Waals surface area contributed by atoms with Gasteiger partial charge in [-0.25, -0.2) is 4.79 Å². The number of benzene rings is 2. The van der Waals surface area contributed by atoms with Gasteiger partial charge in [0.2, 0.25) is 5.91 Å². The summed E-state index contributed by atoms with van der Waals surface area (Å²) in [6, 6.07) is 18.6. The maximum atomic E-state index is 12.7. The van der Waals surface area contributed by atoms with Crippen LogP contribution in [0.2, 0.25) is 0 Å². The Bertz CT molecular complexity index is 1170. The van der Waals surface area contributed by atoms with Crippen LogP contribution in [0.3, 0.4) is 0 Å². The maximum absolute atomic E-state index is 12.7. The molecule has 3 N–H and O–H groups in total. The first-order chi connectivity index (χ1) is 16.9. The molecule has 0 spiro atoms. The van der Waals surface area contributed by atoms with Crippen LogP contribution in [0, 0.1) is 6.92 Å². The Balaban J connectivity index is 1.35. The number of fused-ring (bicyclic) bond motifs is 3. The predicted molar refractivity (Wildman–Crippen MR) is 129 cm³/mol. The Morgan fingerprint density at radius 1 is 1.00 bits per heavy atom. The minimum atomic E-state index is -1.05. The van der Waals surface area contributed by atoms with E-state index >= 15 is 0 Å². The molecule has 35 heavy (non-hydrogen) atoms. The van der Waals surface area contributed by atoms with E-state index in [2.05, 4.69) is 10.6 Å². The zero-order valence-corrected chi connectivity index (χ0v) is 19.5. The van der Waals surface area contributed by atoms with Crippen LogP contribution in [0.5, 0.6) is 0 Å². The highest BCUT2D eigenvalue weighted by atomic mass is 16.5. The van der Waals surface area contributed by atoms with Gasteiger partial charge in [-0.3, -0.25) is 9.59 Å². The van der Waals surface area contributed by atoms with E-state index in [0.717, 1.165) is 33.8 Å². The van der Waals surface area contributed by atoms with Crippen LogP contribution in [0.15, 0.2) is 65.1 Å². The summed E-state index contributed by atoms with van der Waals surface area (Å²) in [6.07, 6.45) is -0.598. The number of amides is 2. The lowest BCUT2D eigenvalue weighted by molar-refractivity contribution is -0.137. The van der Waals surface area contributed by atoms with Crippen LogP contribution in [0.4, 0.5) is 4.79 Å².